The standard InChI is InChI=1S/C13H13BrN4O/c1-8(9-2-4-10(14)5-3-9)16-12-7-6-11(13(15)19)17-18-12/h2-8H,1H3,(H2,15,19)(H,16,18). The number of primary amides is 1. The third-order valence-corrected chi connectivity index (χ3v) is 3.18. The third kappa shape index (κ3) is 3.51. The predicted molar refractivity (Wildman–Crippen MR) is 76.7 cm³/mol. The molecule has 1 atom stereocenters. The Morgan fingerprint density at radius 3 is 2.42 bits per heavy atom. The number of hydrogen-bond donors (Lipinski definition) is 2. The van der Waals surface area contributed by atoms with Crippen molar-refractivity contribution in [1.29, 1.82) is 0 Å². The van der Waals surface area contributed by atoms with Gasteiger partial charge in [0.1, 0.15) is 5.82 Å². The van der Waals surface area contributed by atoms with Crippen LogP contribution in [0, 0.1) is 0 Å². The molecule has 2 rings (SSSR count). The number of benzene rings is 1. The first-order valence-electron chi connectivity index (χ1n) is 5.72. The highest BCUT2D eigenvalue weighted by Crippen LogP contribution is 2.19. The van der Waals surface area contributed by atoms with Gasteiger partial charge in [-0.05, 0) is 36.8 Å². The average molecular weight is 321 g/mol. The van der Waals surface area contributed by atoms with Crippen molar-refractivity contribution in [1.82, 2.24) is 10.2 Å². The summed E-state index contributed by atoms with van der Waals surface area (Å²) in [6, 6.07) is 11.3. The molecule has 0 aliphatic rings. The van der Waals surface area contributed by atoms with Gasteiger partial charge in [0.15, 0.2) is 5.69 Å². The summed E-state index contributed by atoms with van der Waals surface area (Å²) in [5.74, 6) is 0.0143. The fourth-order valence-electron chi connectivity index (χ4n) is 1.60. The number of nitrogens with one attached hydrogen (secondary N) is 1. The molecule has 0 spiro atoms. The van der Waals surface area contributed by atoms with Crippen LogP contribution in [0.5, 0.6) is 0 Å². The Labute approximate surface area is 119 Å². The van der Waals surface area contributed by atoms with Gasteiger partial charge in [-0.3, -0.25) is 4.79 Å². The van der Waals surface area contributed by atoms with Crippen LogP contribution < -0.4 is 11.1 Å². The number of nitrogens with two attached hydrogens (primary N) is 1. The van der Waals surface area contributed by atoms with Crippen LogP contribution >= 0.6 is 15.9 Å². The van der Waals surface area contributed by atoms with Crippen molar-refractivity contribution in [3.63, 3.8) is 0 Å². The molecule has 1 aromatic carbocycles. The number of carbonyl (C=O) groups excluding carboxylic acids is 1. The van der Waals surface area contributed by atoms with E-state index in [1.807, 2.05) is 31.2 Å². The summed E-state index contributed by atoms with van der Waals surface area (Å²) in [5, 5.41) is 10.9. The number of aromatic nitrogens is 2. The van der Waals surface area contributed by atoms with Crippen molar-refractivity contribution in [2.75, 3.05) is 5.32 Å². The second-order valence-corrected chi connectivity index (χ2v) is 5.00. The van der Waals surface area contributed by atoms with E-state index >= 15 is 0 Å². The number of hydrogen-bond acceptors (Lipinski definition) is 4. The van der Waals surface area contributed by atoms with Crippen LogP contribution in [0.2, 0.25) is 0 Å². The quantitative estimate of drug-likeness (QED) is 0.907. The van der Waals surface area contributed by atoms with Crippen molar-refractivity contribution in [2.45, 2.75) is 13.0 Å². The summed E-state index contributed by atoms with van der Waals surface area (Å²) in [4.78, 5) is 10.9. The predicted octanol–water partition coefficient (Wildman–Crippen LogP) is 2.51. The van der Waals surface area contributed by atoms with Crippen LogP contribution in [0.1, 0.15) is 29.0 Å². The zero-order chi connectivity index (χ0) is 13.8. The Balaban J connectivity index is 2.08. The van der Waals surface area contributed by atoms with Gasteiger partial charge >= 0.3 is 0 Å². The van der Waals surface area contributed by atoms with E-state index in [0.29, 0.717) is 5.82 Å². The fraction of sp³-hybridized carbons (Fsp3) is 0.154. The van der Waals surface area contributed by atoms with Crippen molar-refractivity contribution >= 4 is 27.7 Å². The molecule has 1 unspecified atom stereocenters. The molecule has 0 aliphatic heterocycles. The average Bonchev–Trinajstić information content (AvgIpc) is 2.40. The van der Waals surface area contributed by atoms with Gasteiger partial charge < -0.3 is 11.1 Å². The number of anilines is 1. The topological polar surface area (TPSA) is 80.9 Å². The van der Waals surface area contributed by atoms with Gasteiger partial charge in [-0.15, -0.1) is 10.2 Å². The van der Waals surface area contributed by atoms with Crippen molar-refractivity contribution in [3.05, 3.63) is 52.1 Å². The van der Waals surface area contributed by atoms with Crippen LogP contribution in [0.25, 0.3) is 0 Å². The molecule has 1 aromatic heterocycles. The third-order valence-electron chi connectivity index (χ3n) is 2.65. The molecule has 1 amide bonds. The maximum Gasteiger partial charge on any atom is 0.269 e. The minimum absolute atomic E-state index is 0.0850. The summed E-state index contributed by atoms with van der Waals surface area (Å²) >= 11 is 3.40. The smallest absolute Gasteiger partial charge is 0.269 e. The molecule has 19 heavy (non-hydrogen) atoms. The first-order valence-corrected chi connectivity index (χ1v) is 6.51. The Hall–Kier alpha value is -1.95. The first-order chi connectivity index (χ1) is 9.06. The molecule has 0 saturated carbocycles. The molecule has 5 nitrogen and oxygen atoms in total. The second-order valence-electron chi connectivity index (χ2n) is 4.09. The number of nitrogens with zero attached hydrogens (tertiary/aromatic N) is 2. The van der Waals surface area contributed by atoms with Crippen LogP contribution in [0.4, 0.5) is 5.82 Å². The molecule has 98 valence electrons. The molecule has 6 heteroatoms. The first kappa shape index (κ1) is 13.5. The van der Waals surface area contributed by atoms with Gasteiger partial charge in [-0.25, -0.2) is 0 Å². The van der Waals surface area contributed by atoms with Gasteiger partial charge in [0.25, 0.3) is 5.91 Å². The highest BCUT2D eigenvalue weighted by atomic mass is 79.9. The molecule has 0 saturated heterocycles. The Morgan fingerprint density at radius 2 is 1.89 bits per heavy atom. The number of rotatable bonds is 4. The Morgan fingerprint density at radius 1 is 1.21 bits per heavy atom. The van der Waals surface area contributed by atoms with Crippen LogP contribution in [-0.2, 0) is 0 Å². The highest BCUT2D eigenvalue weighted by Gasteiger charge is 2.07. The van der Waals surface area contributed by atoms with E-state index in [-0.39, 0.29) is 11.7 Å². The lowest BCUT2D eigenvalue weighted by Crippen LogP contribution is -2.15. The van der Waals surface area contributed by atoms with E-state index in [1.165, 1.54) is 0 Å². The molecular weight excluding hydrogens is 308 g/mol. The number of halogens is 1. The van der Waals surface area contributed by atoms with Crippen molar-refractivity contribution < 1.29 is 4.79 Å². The van der Waals surface area contributed by atoms with E-state index < -0.39 is 5.91 Å². The summed E-state index contributed by atoms with van der Waals surface area (Å²) in [6.07, 6.45) is 0. The van der Waals surface area contributed by atoms with Crippen LogP contribution in [0.15, 0.2) is 40.9 Å². The molecule has 0 bridgehead atoms. The maximum absolute atomic E-state index is 10.9. The maximum atomic E-state index is 10.9. The second kappa shape index (κ2) is 5.79. The molecule has 0 radical (unpaired) electrons. The van der Waals surface area contributed by atoms with E-state index in [2.05, 4.69) is 31.4 Å². The Bertz CT molecular complexity index is 568. The number of amides is 1. The van der Waals surface area contributed by atoms with E-state index in [4.69, 9.17) is 5.73 Å². The van der Waals surface area contributed by atoms with Gasteiger partial charge in [0.2, 0.25) is 0 Å². The zero-order valence-electron chi connectivity index (χ0n) is 10.3. The molecule has 3 N–H and O–H groups in total. The van der Waals surface area contributed by atoms with Gasteiger partial charge in [-0.2, -0.15) is 0 Å². The lowest BCUT2D eigenvalue weighted by atomic mass is 10.1. The highest BCUT2D eigenvalue weighted by molar-refractivity contribution is 9.10. The lowest BCUT2D eigenvalue weighted by molar-refractivity contribution is 0.0994. The lowest BCUT2D eigenvalue weighted by Gasteiger charge is -2.14. The minimum Gasteiger partial charge on any atom is -0.364 e. The molecule has 0 aliphatic carbocycles. The van der Waals surface area contributed by atoms with Gasteiger partial charge in [0, 0.05) is 10.5 Å². The summed E-state index contributed by atoms with van der Waals surface area (Å²) < 4.78 is 1.04. The van der Waals surface area contributed by atoms with Gasteiger partial charge in [-0.1, -0.05) is 28.1 Å². The molecule has 0 fully saturated rings. The monoisotopic (exact) mass is 320 g/mol. The van der Waals surface area contributed by atoms with E-state index in [0.717, 1.165) is 10.0 Å². The van der Waals surface area contributed by atoms with E-state index in [9.17, 15) is 4.79 Å². The molecular formula is C13H13BrN4O. The van der Waals surface area contributed by atoms with Crippen molar-refractivity contribution in [2.24, 2.45) is 5.73 Å². The summed E-state index contributed by atoms with van der Waals surface area (Å²) in [6.45, 7) is 2.02. The fourth-order valence-corrected chi connectivity index (χ4v) is 1.86. The van der Waals surface area contributed by atoms with Crippen LogP contribution in [-0.4, -0.2) is 16.1 Å². The number of carbonyl (C=O) groups is 1. The van der Waals surface area contributed by atoms with Gasteiger partial charge in [0.05, 0.1) is 0 Å². The van der Waals surface area contributed by atoms with Crippen LogP contribution in [0.3, 0.4) is 0 Å². The normalized spacial score (nSPS) is 11.9. The molecule has 1 heterocycles. The van der Waals surface area contributed by atoms with Crippen molar-refractivity contribution in [3.8, 4) is 0 Å². The van der Waals surface area contributed by atoms with E-state index in [1.54, 1.807) is 12.1 Å². The minimum atomic E-state index is -0.583. The Kier molecular flexibility index (Phi) is 4.11. The SMILES string of the molecule is CC(Nc1ccc(C(N)=O)nn1)c1ccc(Br)cc1. The zero-order valence-corrected chi connectivity index (χ0v) is 11.9. The summed E-state index contributed by atoms with van der Waals surface area (Å²) in [5.41, 5.74) is 6.39. The summed E-state index contributed by atoms with van der Waals surface area (Å²) in [7, 11) is 0. The largest absolute Gasteiger partial charge is 0.364 e. The molecule has 2 aromatic rings.